The third-order valence-corrected chi connectivity index (χ3v) is 0.612. The molecule has 0 rings (SSSR count). The molecule has 0 aromatic rings. The molecule has 0 radical (unpaired) electrons. The second-order valence-corrected chi connectivity index (χ2v) is 1.31. The third-order valence-electron chi connectivity index (χ3n) is 0.612. The van der Waals surface area contributed by atoms with E-state index in [1.807, 2.05) is 13.8 Å². The number of nitrogens with two attached hydrogens (primary N) is 1. The van der Waals surface area contributed by atoms with Crippen LogP contribution in [0.15, 0.2) is 0 Å². The number of hydrogen-bond donors (Lipinski definition) is 1. The summed E-state index contributed by atoms with van der Waals surface area (Å²) in [5, 5.41) is 0. The topological polar surface area (TPSA) is 26.0 Å². The van der Waals surface area contributed by atoms with E-state index < -0.39 is 0 Å². The van der Waals surface area contributed by atoms with Crippen molar-refractivity contribution in [2.75, 3.05) is 0 Å². The first-order chi connectivity index (χ1) is 2.81. The minimum absolute atomic E-state index is 0.352. The van der Waals surface area contributed by atoms with Crippen molar-refractivity contribution in [3.8, 4) is 0 Å². The van der Waals surface area contributed by atoms with Crippen molar-refractivity contribution >= 4 is 0 Å². The summed E-state index contributed by atoms with van der Waals surface area (Å²) in [4.78, 5) is 0. The van der Waals surface area contributed by atoms with Gasteiger partial charge in [-0.15, -0.1) is 0 Å². The van der Waals surface area contributed by atoms with Gasteiger partial charge in [0.05, 0.1) is 0 Å². The molecule has 0 aromatic heterocycles. The van der Waals surface area contributed by atoms with Gasteiger partial charge >= 0.3 is 0 Å². The van der Waals surface area contributed by atoms with Crippen molar-refractivity contribution in [2.45, 2.75) is 26.3 Å². The summed E-state index contributed by atoms with van der Waals surface area (Å²) in [5.41, 5.74) is 2.36. The van der Waals surface area contributed by atoms with E-state index in [0.717, 1.165) is 6.42 Å². The summed E-state index contributed by atoms with van der Waals surface area (Å²) in [6, 6.07) is 0.352. The molecule has 0 spiro atoms. The molecule has 0 aliphatic heterocycles. The van der Waals surface area contributed by atoms with Crippen LogP contribution in [-0.2, 0) is 0 Å². The van der Waals surface area contributed by atoms with E-state index in [-0.39, 0.29) is 0 Å². The number of rotatable bonds is 2. The highest BCUT2D eigenvalue weighted by molar-refractivity contribution is 4.43. The van der Waals surface area contributed by atoms with E-state index in [4.69, 9.17) is 1.41 Å². The Bertz CT molecular complexity index is 26.7. The Labute approximate surface area is 34.6 Å². The second kappa shape index (κ2) is 2.21. The van der Waals surface area contributed by atoms with Crippen molar-refractivity contribution < 1.29 is 1.41 Å². The summed E-state index contributed by atoms with van der Waals surface area (Å²) in [6.07, 6.45) is 1.03. The normalized spacial score (nSPS) is 17.6. The minimum atomic E-state index is 0.352. The molecule has 1 atom stereocenters. The standard InChI is InChI=1S/C4H11N/c1-3-4(2)5/h4H,3,5H2,1-2H3/i/hT. The van der Waals surface area contributed by atoms with E-state index >= 15 is 0 Å². The summed E-state index contributed by atoms with van der Waals surface area (Å²) in [7, 11) is 0. The quantitative estimate of drug-likeness (QED) is 0.514. The van der Waals surface area contributed by atoms with E-state index in [0.29, 0.717) is 6.04 Å². The molecule has 5 heavy (non-hydrogen) atoms. The first-order valence-corrected chi connectivity index (χ1v) is 1.98. The van der Waals surface area contributed by atoms with Crippen LogP contribution in [0.2, 0.25) is 1.41 Å². The smallest absolute Gasteiger partial charge is 0.119 e. The Morgan fingerprint density at radius 1 is 2.20 bits per heavy atom. The van der Waals surface area contributed by atoms with Gasteiger partial charge in [-0.05, 0) is 13.3 Å². The van der Waals surface area contributed by atoms with Gasteiger partial charge in [-0.2, -0.15) is 0 Å². The lowest BCUT2D eigenvalue weighted by atomic mass is 10.3. The summed E-state index contributed by atoms with van der Waals surface area (Å²) < 4.78 is 6.56. The first kappa shape index (κ1) is 3.16. The molecule has 0 aromatic carbocycles. The van der Waals surface area contributed by atoms with Crippen LogP contribution in [0.5, 0.6) is 0 Å². The lowest BCUT2D eigenvalue weighted by molar-refractivity contribution is 0.715. The van der Waals surface area contributed by atoms with Crippen LogP contribution in [0.3, 0.4) is 0 Å². The maximum absolute atomic E-state index is 6.56. The molecule has 1 unspecified atom stereocenters. The van der Waals surface area contributed by atoms with Crippen LogP contribution in [0.4, 0.5) is 0 Å². The molecule has 0 saturated carbocycles. The van der Waals surface area contributed by atoms with Crippen molar-refractivity contribution in [3.05, 3.63) is 0 Å². The fraction of sp³-hybridized carbons (Fsp3) is 1.00. The van der Waals surface area contributed by atoms with Gasteiger partial charge in [0.1, 0.15) is 1.41 Å². The monoisotopic (exact) mass is 75.1 g/mol. The van der Waals surface area contributed by atoms with Gasteiger partial charge in [0.25, 0.3) is 0 Å². The van der Waals surface area contributed by atoms with Crippen LogP contribution in [0, 0.1) is 0 Å². The highest BCUT2D eigenvalue weighted by atomic mass is 14.6. The Balaban J connectivity index is 2.75. The van der Waals surface area contributed by atoms with Crippen LogP contribution in [-0.4, -0.2) is 6.04 Å². The SMILES string of the molecule is [3H]NC(C)CC. The Hall–Kier alpha value is -0.0400. The molecule has 0 amide bonds. The van der Waals surface area contributed by atoms with Crippen molar-refractivity contribution in [2.24, 2.45) is 5.73 Å². The maximum atomic E-state index is 6.56. The molecule has 32 valence electrons. The van der Waals surface area contributed by atoms with Crippen LogP contribution in [0.1, 0.15) is 20.3 Å². The van der Waals surface area contributed by atoms with E-state index in [1.54, 1.807) is 0 Å². The Kier molecular flexibility index (Phi) is 1.40. The summed E-state index contributed by atoms with van der Waals surface area (Å²) in [6.45, 7) is 4.03. The van der Waals surface area contributed by atoms with Crippen LogP contribution in [0.25, 0.3) is 0 Å². The van der Waals surface area contributed by atoms with Gasteiger partial charge < -0.3 is 5.73 Å². The first-order valence-electron chi connectivity index (χ1n) is 2.48. The molecule has 0 saturated heterocycles. The predicted molar refractivity (Wildman–Crippen MR) is 23.9 cm³/mol. The molecule has 0 bridgehead atoms. The molecule has 0 aliphatic carbocycles. The third kappa shape index (κ3) is 3.96. The lowest BCUT2D eigenvalue weighted by Crippen LogP contribution is -2.11. The van der Waals surface area contributed by atoms with Gasteiger partial charge in [-0.1, -0.05) is 6.92 Å². The lowest BCUT2D eigenvalue weighted by Gasteiger charge is -1.91. The fourth-order valence-corrected chi connectivity index (χ4v) is 0. The highest BCUT2D eigenvalue weighted by Crippen LogP contribution is 1.77. The van der Waals surface area contributed by atoms with Crippen molar-refractivity contribution in [3.63, 3.8) is 0 Å². The molecule has 1 heteroatoms. The van der Waals surface area contributed by atoms with Gasteiger partial charge in [-0.3, -0.25) is 0 Å². The van der Waals surface area contributed by atoms with E-state index in [9.17, 15) is 0 Å². The fourth-order valence-electron chi connectivity index (χ4n) is 0. The summed E-state index contributed by atoms with van der Waals surface area (Å²) >= 11 is 0. The van der Waals surface area contributed by atoms with Gasteiger partial charge in [0.15, 0.2) is 0 Å². The average Bonchev–Trinajstić information content (AvgIpc) is 1.65. The Morgan fingerprint density at radius 2 is 2.80 bits per heavy atom. The predicted octanol–water partition coefficient (Wildman–Crippen LogP) is 0.744. The largest absolute Gasteiger partial charge is 0.328 e. The molecule has 0 fully saturated rings. The number of hydrogen-bond acceptors (Lipinski definition) is 1. The van der Waals surface area contributed by atoms with Gasteiger partial charge in [0.2, 0.25) is 0 Å². The van der Waals surface area contributed by atoms with E-state index in [2.05, 4.69) is 5.73 Å². The molecular formula is C4H11N. The minimum Gasteiger partial charge on any atom is -0.328 e. The zero-order chi connectivity index (χ0) is 4.99. The average molecular weight is 75.1 g/mol. The molecule has 2 N–H and O–H groups in total. The summed E-state index contributed by atoms with van der Waals surface area (Å²) in [5.74, 6) is 0. The highest BCUT2D eigenvalue weighted by Gasteiger charge is 1.79. The van der Waals surface area contributed by atoms with Crippen LogP contribution < -0.4 is 5.73 Å². The second-order valence-electron chi connectivity index (χ2n) is 1.31. The van der Waals surface area contributed by atoms with Crippen LogP contribution >= 0.6 is 0 Å². The Morgan fingerprint density at radius 3 is 2.80 bits per heavy atom. The molecule has 0 aliphatic rings. The van der Waals surface area contributed by atoms with E-state index in [1.165, 1.54) is 0 Å². The van der Waals surface area contributed by atoms with Crippen molar-refractivity contribution in [1.82, 2.24) is 0 Å². The van der Waals surface area contributed by atoms with Gasteiger partial charge in [-0.25, -0.2) is 0 Å². The molecule has 0 heterocycles. The zero-order valence-electron chi connectivity index (χ0n) is 4.78. The zero-order valence-corrected chi connectivity index (χ0v) is 3.78. The molecule has 1 nitrogen and oxygen atoms in total. The van der Waals surface area contributed by atoms with Gasteiger partial charge in [0, 0.05) is 6.04 Å². The van der Waals surface area contributed by atoms with Crippen molar-refractivity contribution in [1.29, 1.82) is 0 Å². The molecular weight excluding hydrogens is 62.1 g/mol. The maximum Gasteiger partial charge on any atom is 0.119 e.